The van der Waals surface area contributed by atoms with Crippen LogP contribution in [0.2, 0.25) is 0 Å². The fourth-order valence-electron chi connectivity index (χ4n) is 3.29. The monoisotopic (exact) mass is 347 g/mol. The summed E-state index contributed by atoms with van der Waals surface area (Å²) < 4.78 is 0. The number of allylic oxidation sites excluding steroid dienone is 1. The molecule has 2 atom stereocenters. The van der Waals surface area contributed by atoms with Crippen LogP contribution in [0.5, 0.6) is 0 Å². The molecule has 1 amide bonds. The van der Waals surface area contributed by atoms with Crippen LogP contribution >= 0.6 is 0 Å². The molecule has 0 aromatic carbocycles. The maximum Gasteiger partial charge on any atom is 0.234 e. The summed E-state index contributed by atoms with van der Waals surface area (Å²) in [5.41, 5.74) is 0. The van der Waals surface area contributed by atoms with Gasteiger partial charge in [0, 0.05) is 39.3 Å². The van der Waals surface area contributed by atoms with Gasteiger partial charge in [0.1, 0.15) is 5.84 Å². The zero-order valence-electron chi connectivity index (χ0n) is 16.1. The van der Waals surface area contributed by atoms with Crippen molar-refractivity contribution in [3.8, 4) is 0 Å². The van der Waals surface area contributed by atoms with Crippen LogP contribution in [0.1, 0.15) is 33.6 Å². The number of amides is 1. The second-order valence-corrected chi connectivity index (χ2v) is 7.33. The maximum absolute atomic E-state index is 11.9. The summed E-state index contributed by atoms with van der Waals surface area (Å²) in [6.07, 6.45) is 8.55. The summed E-state index contributed by atoms with van der Waals surface area (Å²) in [7, 11) is 1.83. The minimum atomic E-state index is 0.105. The van der Waals surface area contributed by atoms with Crippen LogP contribution in [0.4, 0.5) is 0 Å². The second kappa shape index (κ2) is 9.70. The third-order valence-corrected chi connectivity index (χ3v) is 4.83. The second-order valence-electron chi connectivity index (χ2n) is 7.33. The predicted molar refractivity (Wildman–Crippen MR) is 104 cm³/mol. The van der Waals surface area contributed by atoms with Gasteiger partial charge < -0.3 is 10.2 Å². The molecule has 1 aliphatic carbocycles. The molecule has 6 nitrogen and oxygen atoms in total. The molecule has 1 heterocycles. The molecule has 0 spiro atoms. The Morgan fingerprint density at radius 3 is 2.52 bits per heavy atom. The molecule has 1 unspecified atom stereocenters. The number of carbonyl (C=O) groups excluding carboxylic acids is 1. The lowest BCUT2D eigenvalue weighted by Gasteiger charge is -2.35. The van der Waals surface area contributed by atoms with Gasteiger partial charge >= 0.3 is 0 Å². The minimum Gasteiger partial charge on any atom is -0.353 e. The number of carbonyl (C=O) groups is 1. The van der Waals surface area contributed by atoms with Crippen molar-refractivity contribution in [2.24, 2.45) is 15.9 Å². The van der Waals surface area contributed by atoms with E-state index in [1.165, 1.54) is 0 Å². The van der Waals surface area contributed by atoms with E-state index in [1.54, 1.807) is 0 Å². The van der Waals surface area contributed by atoms with E-state index in [0.29, 0.717) is 18.5 Å². The summed E-state index contributed by atoms with van der Waals surface area (Å²) in [4.78, 5) is 25.6. The molecule has 0 saturated carbocycles. The summed E-state index contributed by atoms with van der Waals surface area (Å²) in [5.74, 6) is 1.65. The molecule has 0 aromatic rings. The first-order chi connectivity index (χ1) is 12.0. The molecule has 0 aromatic heterocycles. The molecule has 0 bridgehead atoms. The third kappa shape index (κ3) is 6.27. The standard InChI is InChI=1S/C19H33N5O/c1-15(2)22-19(25)14-23-9-11-24(12-10-23)18(20-4)13-21-17-8-6-5-7-16(17)3/h5-6,13,15-17H,7-12,14H2,1-4H3,(H,22,25)/t16-,17?/m0/s1. The summed E-state index contributed by atoms with van der Waals surface area (Å²) in [6.45, 7) is 10.2. The van der Waals surface area contributed by atoms with E-state index in [0.717, 1.165) is 44.9 Å². The number of nitrogens with zero attached hydrogens (tertiary/aromatic N) is 4. The molecule has 25 heavy (non-hydrogen) atoms. The zero-order chi connectivity index (χ0) is 18.2. The van der Waals surface area contributed by atoms with E-state index in [1.807, 2.05) is 27.1 Å². The highest BCUT2D eigenvalue weighted by atomic mass is 16.2. The number of rotatable bonds is 5. The Hall–Kier alpha value is -1.69. The molecular formula is C19H33N5O. The molecule has 1 fully saturated rings. The SMILES string of the molecule is CN=C(C=NC1CC=CC[C@@H]1C)N1CCN(CC(=O)NC(C)C)CC1. The summed E-state index contributed by atoms with van der Waals surface area (Å²) in [6, 6.07) is 0.559. The van der Waals surface area contributed by atoms with Crippen molar-refractivity contribution >= 4 is 18.0 Å². The lowest BCUT2D eigenvalue weighted by atomic mass is 9.91. The molecule has 6 heteroatoms. The first-order valence-electron chi connectivity index (χ1n) is 9.41. The summed E-state index contributed by atoms with van der Waals surface area (Å²) >= 11 is 0. The van der Waals surface area contributed by atoms with Gasteiger partial charge in [-0.05, 0) is 32.6 Å². The van der Waals surface area contributed by atoms with Crippen molar-refractivity contribution in [3.63, 3.8) is 0 Å². The van der Waals surface area contributed by atoms with Crippen molar-refractivity contribution in [2.45, 2.75) is 45.7 Å². The normalized spacial score (nSPS) is 25.8. The van der Waals surface area contributed by atoms with Crippen molar-refractivity contribution in [1.82, 2.24) is 15.1 Å². The predicted octanol–water partition coefficient (Wildman–Crippen LogP) is 1.58. The largest absolute Gasteiger partial charge is 0.353 e. The highest BCUT2D eigenvalue weighted by Gasteiger charge is 2.21. The van der Waals surface area contributed by atoms with Gasteiger partial charge in [-0.2, -0.15) is 0 Å². The first-order valence-corrected chi connectivity index (χ1v) is 9.41. The van der Waals surface area contributed by atoms with Gasteiger partial charge in [-0.15, -0.1) is 0 Å². The van der Waals surface area contributed by atoms with Crippen LogP contribution in [0.25, 0.3) is 0 Å². The zero-order valence-corrected chi connectivity index (χ0v) is 16.1. The van der Waals surface area contributed by atoms with Crippen LogP contribution in [-0.2, 0) is 4.79 Å². The van der Waals surface area contributed by atoms with E-state index in [9.17, 15) is 4.79 Å². The molecule has 1 saturated heterocycles. The average Bonchev–Trinajstić information content (AvgIpc) is 2.57. The minimum absolute atomic E-state index is 0.105. The van der Waals surface area contributed by atoms with E-state index in [4.69, 9.17) is 4.99 Å². The Morgan fingerprint density at radius 2 is 1.92 bits per heavy atom. The smallest absolute Gasteiger partial charge is 0.234 e. The number of hydrogen-bond donors (Lipinski definition) is 1. The van der Waals surface area contributed by atoms with Crippen molar-refractivity contribution in [1.29, 1.82) is 0 Å². The molecule has 1 N–H and O–H groups in total. The van der Waals surface area contributed by atoms with Crippen LogP contribution in [0.15, 0.2) is 22.1 Å². The molecule has 2 aliphatic rings. The Labute approximate surface area is 152 Å². The summed E-state index contributed by atoms with van der Waals surface area (Å²) in [5, 5.41) is 2.95. The number of amidine groups is 1. The van der Waals surface area contributed by atoms with Gasteiger partial charge in [-0.3, -0.25) is 19.7 Å². The van der Waals surface area contributed by atoms with Crippen molar-refractivity contribution in [3.05, 3.63) is 12.2 Å². The van der Waals surface area contributed by atoms with E-state index in [2.05, 4.69) is 39.2 Å². The number of hydrogen-bond acceptors (Lipinski definition) is 4. The van der Waals surface area contributed by atoms with Gasteiger partial charge in [-0.1, -0.05) is 19.1 Å². The molecular weight excluding hydrogens is 314 g/mol. The van der Waals surface area contributed by atoms with Gasteiger partial charge in [0.2, 0.25) is 5.91 Å². The Balaban J connectivity index is 1.81. The quantitative estimate of drug-likeness (QED) is 0.467. The van der Waals surface area contributed by atoms with Gasteiger partial charge in [0.05, 0.1) is 18.8 Å². The highest BCUT2D eigenvalue weighted by Crippen LogP contribution is 2.21. The Morgan fingerprint density at radius 1 is 1.24 bits per heavy atom. The van der Waals surface area contributed by atoms with Gasteiger partial charge in [0.15, 0.2) is 0 Å². The van der Waals surface area contributed by atoms with Gasteiger partial charge in [-0.25, -0.2) is 0 Å². The fraction of sp³-hybridized carbons (Fsp3) is 0.737. The van der Waals surface area contributed by atoms with Crippen LogP contribution < -0.4 is 5.32 Å². The fourth-order valence-corrected chi connectivity index (χ4v) is 3.29. The highest BCUT2D eigenvalue weighted by molar-refractivity contribution is 6.29. The van der Waals surface area contributed by atoms with Crippen LogP contribution in [-0.4, -0.2) is 79.6 Å². The van der Waals surface area contributed by atoms with E-state index >= 15 is 0 Å². The Kier molecular flexibility index (Phi) is 7.62. The lowest BCUT2D eigenvalue weighted by molar-refractivity contribution is -0.123. The van der Waals surface area contributed by atoms with E-state index in [-0.39, 0.29) is 11.9 Å². The third-order valence-electron chi connectivity index (χ3n) is 4.83. The molecule has 2 rings (SSSR count). The Bertz CT molecular complexity index is 518. The van der Waals surface area contributed by atoms with Crippen molar-refractivity contribution < 1.29 is 4.79 Å². The van der Waals surface area contributed by atoms with E-state index < -0.39 is 0 Å². The number of nitrogens with one attached hydrogen (secondary N) is 1. The van der Waals surface area contributed by atoms with Crippen LogP contribution in [0.3, 0.4) is 0 Å². The first kappa shape index (κ1) is 19.6. The number of piperazine rings is 1. The molecule has 1 aliphatic heterocycles. The maximum atomic E-state index is 11.9. The van der Waals surface area contributed by atoms with Crippen LogP contribution in [0, 0.1) is 5.92 Å². The number of aliphatic imine (C=N–C) groups is 2. The lowest BCUT2D eigenvalue weighted by Crippen LogP contribution is -2.52. The molecule has 0 radical (unpaired) electrons. The van der Waals surface area contributed by atoms with Crippen molar-refractivity contribution in [2.75, 3.05) is 39.8 Å². The topological polar surface area (TPSA) is 60.3 Å². The van der Waals surface area contributed by atoms with Gasteiger partial charge in [0.25, 0.3) is 0 Å². The molecule has 140 valence electrons. The average molecular weight is 348 g/mol.